The van der Waals surface area contributed by atoms with Crippen molar-refractivity contribution in [1.82, 2.24) is 14.8 Å². The summed E-state index contributed by atoms with van der Waals surface area (Å²) in [7, 11) is 1.73. The van der Waals surface area contributed by atoms with Crippen LogP contribution in [0.5, 0.6) is 0 Å². The lowest BCUT2D eigenvalue weighted by atomic mass is 9.98. The molecule has 0 bridgehead atoms. The summed E-state index contributed by atoms with van der Waals surface area (Å²) in [5.41, 5.74) is 2.18. The van der Waals surface area contributed by atoms with Gasteiger partial charge >= 0.3 is 0 Å². The average Bonchev–Trinajstić information content (AvgIpc) is 3.04. The normalized spacial score (nSPS) is 12.2. The predicted octanol–water partition coefficient (Wildman–Crippen LogP) is 3.41. The highest BCUT2D eigenvalue weighted by Gasteiger charge is 2.12. The van der Waals surface area contributed by atoms with Crippen molar-refractivity contribution in [3.63, 3.8) is 0 Å². The number of rotatable bonds is 6. The molecule has 0 aliphatic rings. The van der Waals surface area contributed by atoms with Gasteiger partial charge in [0.1, 0.15) is 0 Å². The van der Waals surface area contributed by atoms with Crippen molar-refractivity contribution in [2.75, 3.05) is 0 Å². The molecule has 3 aromatic rings. The molecule has 0 radical (unpaired) electrons. The van der Waals surface area contributed by atoms with Gasteiger partial charge in [0.15, 0.2) is 0 Å². The lowest BCUT2D eigenvalue weighted by Crippen LogP contribution is -2.14. The lowest BCUT2D eigenvalue weighted by molar-refractivity contribution is 0.404. The quantitative estimate of drug-likeness (QED) is 0.643. The van der Waals surface area contributed by atoms with Crippen molar-refractivity contribution in [3.8, 4) is 0 Å². The van der Waals surface area contributed by atoms with Crippen molar-refractivity contribution in [3.05, 3.63) is 76.0 Å². The van der Waals surface area contributed by atoms with E-state index in [9.17, 15) is 4.79 Å². The summed E-state index contributed by atoms with van der Waals surface area (Å²) in [4.78, 5) is 11.6. The first-order valence-corrected chi connectivity index (χ1v) is 8.76. The smallest absolute Gasteiger partial charge is 0.276 e. The molecular formula is C18H19N3O2S. The van der Waals surface area contributed by atoms with Crippen LogP contribution in [0, 0.1) is 0 Å². The third kappa shape index (κ3) is 4.14. The van der Waals surface area contributed by atoms with Gasteiger partial charge < -0.3 is 8.98 Å². The SMILES string of the molecule is C[C@H](Cc1nnc(SCc2ccn(C)c(=O)c2)o1)c1ccccc1. The molecule has 0 fully saturated rings. The van der Waals surface area contributed by atoms with Gasteiger partial charge in [-0.2, -0.15) is 0 Å². The Hall–Kier alpha value is -2.34. The van der Waals surface area contributed by atoms with Gasteiger partial charge in [0, 0.05) is 31.5 Å². The van der Waals surface area contributed by atoms with E-state index >= 15 is 0 Å². The molecule has 0 aliphatic carbocycles. The van der Waals surface area contributed by atoms with E-state index in [-0.39, 0.29) is 5.56 Å². The summed E-state index contributed by atoms with van der Waals surface area (Å²) in [6.45, 7) is 2.14. The maximum absolute atomic E-state index is 11.6. The molecule has 6 heteroatoms. The van der Waals surface area contributed by atoms with E-state index in [2.05, 4.69) is 29.3 Å². The Morgan fingerprint density at radius 3 is 2.75 bits per heavy atom. The van der Waals surface area contributed by atoms with Gasteiger partial charge in [0.25, 0.3) is 10.8 Å². The Kier molecular flexibility index (Phi) is 5.15. The molecule has 0 N–H and O–H groups in total. The van der Waals surface area contributed by atoms with E-state index in [1.54, 1.807) is 23.9 Å². The van der Waals surface area contributed by atoms with E-state index < -0.39 is 0 Å². The summed E-state index contributed by atoms with van der Waals surface area (Å²) in [6.07, 6.45) is 2.47. The van der Waals surface area contributed by atoms with Gasteiger partial charge in [-0.1, -0.05) is 49.0 Å². The maximum atomic E-state index is 11.6. The van der Waals surface area contributed by atoms with E-state index in [0.717, 1.165) is 5.56 Å². The number of thioether (sulfide) groups is 1. The second kappa shape index (κ2) is 7.49. The highest BCUT2D eigenvalue weighted by molar-refractivity contribution is 7.98. The second-order valence-electron chi connectivity index (χ2n) is 5.75. The topological polar surface area (TPSA) is 60.9 Å². The maximum Gasteiger partial charge on any atom is 0.276 e. The summed E-state index contributed by atoms with van der Waals surface area (Å²) < 4.78 is 7.25. The van der Waals surface area contributed by atoms with Crippen molar-refractivity contribution >= 4 is 11.8 Å². The molecule has 0 aliphatic heterocycles. The fourth-order valence-electron chi connectivity index (χ4n) is 2.36. The second-order valence-corrected chi connectivity index (χ2v) is 6.68. The first kappa shape index (κ1) is 16.5. The van der Waals surface area contributed by atoms with Crippen LogP contribution in [0.2, 0.25) is 0 Å². The van der Waals surface area contributed by atoms with Gasteiger partial charge in [-0.25, -0.2) is 0 Å². The van der Waals surface area contributed by atoms with Crippen LogP contribution < -0.4 is 5.56 Å². The fraction of sp³-hybridized carbons (Fsp3) is 0.278. The van der Waals surface area contributed by atoms with Crippen LogP contribution in [0.3, 0.4) is 0 Å². The number of pyridine rings is 1. The van der Waals surface area contributed by atoms with Crippen LogP contribution in [0.4, 0.5) is 0 Å². The van der Waals surface area contributed by atoms with Crippen LogP contribution in [0.1, 0.15) is 29.9 Å². The molecule has 1 atom stereocenters. The van der Waals surface area contributed by atoms with Crippen molar-refractivity contribution in [2.24, 2.45) is 7.05 Å². The summed E-state index contributed by atoms with van der Waals surface area (Å²) in [5, 5.41) is 8.74. The monoisotopic (exact) mass is 341 g/mol. The summed E-state index contributed by atoms with van der Waals surface area (Å²) in [6, 6.07) is 13.8. The van der Waals surface area contributed by atoms with Crippen molar-refractivity contribution in [1.29, 1.82) is 0 Å². The lowest BCUT2D eigenvalue weighted by Gasteiger charge is -2.08. The van der Waals surface area contributed by atoms with Gasteiger partial charge in [0.05, 0.1) is 0 Å². The van der Waals surface area contributed by atoms with Crippen LogP contribution >= 0.6 is 11.8 Å². The molecule has 5 nitrogen and oxygen atoms in total. The third-order valence-corrected chi connectivity index (χ3v) is 4.72. The Bertz CT molecular complexity index is 858. The highest BCUT2D eigenvalue weighted by Crippen LogP contribution is 2.24. The Labute approximate surface area is 144 Å². The molecule has 2 heterocycles. The minimum atomic E-state index is -0.0176. The van der Waals surface area contributed by atoms with Gasteiger partial charge in [0.2, 0.25) is 5.89 Å². The number of nitrogens with zero attached hydrogens (tertiary/aromatic N) is 3. The Morgan fingerprint density at radius 1 is 1.21 bits per heavy atom. The minimum absolute atomic E-state index is 0.0176. The molecule has 1 aromatic carbocycles. The van der Waals surface area contributed by atoms with Crippen LogP contribution in [-0.4, -0.2) is 14.8 Å². The van der Waals surface area contributed by atoms with E-state index in [1.165, 1.54) is 17.3 Å². The Morgan fingerprint density at radius 2 is 2.00 bits per heavy atom. The van der Waals surface area contributed by atoms with Crippen LogP contribution in [0.15, 0.2) is 63.1 Å². The number of aryl methyl sites for hydroxylation is 1. The standard InChI is InChI=1S/C18H19N3O2S/c1-13(15-6-4-3-5-7-15)10-16-19-20-18(23-16)24-12-14-8-9-21(2)17(22)11-14/h3-9,11,13H,10,12H2,1-2H3/t13-/m1/s1. The van der Waals surface area contributed by atoms with Crippen molar-refractivity contribution in [2.45, 2.75) is 30.2 Å². The molecule has 0 unspecified atom stereocenters. The van der Waals surface area contributed by atoms with Gasteiger partial charge in [-0.3, -0.25) is 4.79 Å². The summed E-state index contributed by atoms with van der Waals surface area (Å²) in [5.74, 6) is 1.59. The molecule has 0 saturated carbocycles. The van der Waals surface area contributed by atoms with E-state index in [0.29, 0.717) is 29.2 Å². The largest absolute Gasteiger partial charge is 0.416 e. The van der Waals surface area contributed by atoms with Gasteiger partial charge in [-0.15, -0.1) is 10.2 Å². The van der Waals surface area contributed by atoms with Crippen molar-refractivity contribution < 1.29 is 4.42 Å². The first-order chi connectivity index (χ1) is 11.6. The number of benzene rings is 1. The fourth-order valence-corrected chi connectivity index (χ4v) is 3.09. The molecule has 24 heavy (non-hydrogen) atoms. The number of hydrogen-bond donors (Lipinski definition) is 0. The zero-order chi connectivity index (χ0) is 16.9. The molecule has 0 saturated heterocycles. The van der Waals surface area contributed by atoms with E-state index in [4.69, 9.17) is 4.42 Å². The zero-order valence-electron chi connectivity index (χ0n) is 13.7. The number of aromatic nitrogens is 3. The molecular weight excluding hydrogens is 322 g/mol. The predicted molar refractivity (Wildman–Crippen MR) is 94.1 cm³/mol. The van der Waals surface area contributed by atoms with Crippen LogP contribution in [0.25, 0.3) is 0 Å². The third-order valence-electron chi connectivity index (χ3n) is 3.83. The molecule has 124 valence electrons. The van der Waals surface area contributed by atoms with E-state index in [1.807, 2.05) is 24.3 Å². The molecule has 3 rings (SSSR count). The average molecular weight is 341 g/mol. The Balaban J connectivity index is 1.59. The molecule has 2 aromatic heterocycles. The molecule has 0 amide bonds. The molecule has 0 spiro atoms. The van der Waals surface area contributed by atoms with Gasteiger partial charge in [-0.05, 0) is 23.1 Å². The first-order valence-electron chi connectivity index (χ1n) is 7.77. The summed E-state index contributed by atoms with van der Waals surface area (Å²) >= 11 is 1.44. The minimum Gasteiger partial charge on any atom is -0.416 e. The van der Waals surface area contributed by atoms with Crippen LogP contribution in [-0.2, 0) is 19.2 Å². The highest BCUT2D eigenvalue weighted by atomic mass is 32.2. The number of hydrogen-bond acceptors (Lipinski definition) is 5. The zero-order valence-corrected chi connectivity index (χ0v) is 14.5.